The Balaban J connectivity index is 1.19. The predicted molar refractivity (Wildman–Crippen MR) is 194 cm³/mol. The minimum absolute atomic E-state index is 0.294. The van der Waals surface area contributed by atoms with Gasteiger partial charge in [0.05, 0.1) is 0 Å². The lowest BCUT2D eigenvalue weighted by Crippen LogP contribution is -2.33. The van der Waals surface area contributed by atoms with Crippen molar-refractivity contribution in [3.63, 3.8) is 0 Å². The number of nitrogens with one attached hydrogen (secondary N) is 1. The maximum absolute atomic E-state index is 6.50. The molecule has 0 amide bonds. The summed E-state index contributed by atoms with van der Waals surface area (Å²) in [4.78, 5) is 10.0. The summed E-state index contributed by atoms with van der Waals surface area (Å²) in [6.07, 6.45) is -0.294. The molecule has 0 aliphatic carbocycles. The molecule has 1 aliphatic heterocycles. The quantitative estimate of drug-likeness (QED) is 0.213. The number of hydrogen-bond donors (Lipinski definition) is 1. The molecule has 2 heterocycles. The van der Waals surface area contributed by atoms with Gasteiger partial charge in [-0.05, 0) is 51.2 Å². The van der Waals surface area contributed by atoms with Crippen molar-refractivity contribution >= 4 is 44.4 Å². The summed E-state index contributed by atoms with van der Waals surface area (Å²) in [6, 6.07) is 56.9. The van der Waals surface area contributed by atoms with Crippen LogP contribution in [-0.2, 0) is 0 Å². The van der Waals surface area contributed by atoms with Crippen LogP contribution in [0.5, 0.6) is 0 Å². The van der Waals surface area contributed by atoms with Gasteiger partial charge in [-0.3, -0.25) is 0 Å². The molecule has 1 aromatic heterocycles. The van der Waals surface area contributed by atoms with Crippen molar-refractivity contribution < 1.29 is 4.42 Å². The first-order valence-corrected chi connectivity index (χ1v) is 15.9. The Morgan fingerprint density at radius 3 is 1.83 bits per heavy atom. The molecule has 4 nitrogen and oxygen atoms in total. The van der Waals surface area contributed by atoms with Gasteiger partial charge in [-0.2, -0.15) is 0 Å². The Kier molecular flexibility index (Phi) is 6.50. The Labute approximate surface area is 272 Å². The Morgan fingerprint density at radius 1 is 0.511 bits per heavy atom. The van der Waals surface area contributed by atoms with Crippen molar-refractivity contribution in [1.82, 2.24) is 5.32 Å². The summed E-state index contributed by atoms with van der Waals surface area (Å²) >= 11 is 0. The molecule has 1 unspecified atom stereocenters. The molecule has 47 heavy (non-hydrogen) atoms. The molecule has 1 aliphatic rings. The zero-order valence-electron chi connectivity index (χ0n) is 25.5. The Morgan fingerprint density at radius 2 is 1.13 bits per heavy atom. The first-order valence-electron chi connectivity index (χ1n) is 15.9. The third-order valence-corrected chi connectivity index (χ3v) is 8.93. The zero-order chi connectivity index (χ0) is 31.2. The van der Waals surface area contributed by atoms with Crippen LogP contribution >= 0.6 is 0 Å². The third kappa shape index (κ3) is 4.88. The monoisotopic (exact) mass is 603 g/mol. The van der Waals surface area contributed by atoms with Crippen molar-refractivity contribution in [3.8, 4) is 22.3 Å². The van der Waals surface area contributed by atoms with Gasteiger partial charge in [0.15, 0.2) is 5.84 Å². The van der Waals surface area contributed by atoms with E-state index < -0.39 is 0 Å². The van der Waals surface area contributed by atoms with E-state index in [0.29, 0.717) is 5.84 Å². The molecule has 0 bridgehead atoms. The van der Waals surface area contributed by atoms with Gasteiger partial charge in [0.2, 0.25) is 0 Å². The summed E-state index contributed by atoms with van der Waals surface area (Å²) in [6.45, 7) is 0. The van der Waals surface area contributed by atoms with Crippen molar-refractivity contribution in [3.05, 3.63) is 180 Å². The van der Waals surface area contributed by atoms with Crippen LogP contribution in [0, 0.1) is 0 Å². The molecule has 8 aromatic rings. The minimum atomic E-state index is -0.294. The lowest BCUT2D eigenvalue weighted by Gasteiger charge is -2.24. The van der Waals surface area contributed by atoms with Crippen LogP contribution in [0.4, 0.5) is 0 Å². The first-order chi connectivity index (χ1) is 23.3. The fraction of sp³-hybridized carbons (Fsp3) is 0.0233. The molecule has 0 saturated carbocycles. The molecular weight excluding hydrogens is 574 g/mol. The number of amidine groups is 2. The largest absolute Gasteiger partial charge is 0.456 e. The molecule has 9 rings (SSSR count). The van der Waals surface area contributed by atoms with Gasteiger partial charge >= 0.3 is 0 Å². The summed E-state index contributed by atoms with van der Waals surface area (Å²) in [5.41, 5.74) is 9.45. The highest BCUT2D eigenvalue weighted by Gasteiger charge is 2.22. The van der Waals surface area contributed by atoms with E-state index in [2.05, 4.69) is 133 Å². The molecule has 222 valence electrons. The second-order valence-electron chi connectivity index (χ2n) is 11.8. The van der Waals surface area contributed by atoms with E-state index >= 15 is 0 Å². The number of furan rings is 1. The predicted octanol–water partition coefficient (Wildman–Crippen LogP) is 10.6. The second-order valence-corrected chi connectivity index (χ2v) is 11.8. The first kappa shape index (κ1) is 27.1. The Hall–Kier alpha value is -6.26. The van der Waals surface area contributed by atoms with Crippen LogP contribution in [0.25, 0.3) is 55.0 Å². The number of hydrogen-bond acceptors (Lipinski definition) is 4. The van der Waals surface area contributed by atoms with E-state index in [1.807, 2.05) is 36.4 Å². The zero-order valence-corrected chi connectivity index (χ0v) is 25.5. The molecule has 1 N–H and O–H groups in total. The minimum Gasteiger partial charge on any atom is -0.456 e. The topological polar surface area (TPSA) is 49.9 Å². The molecular formula is C43H29N3O. The number of fused-ring (bicyclic) bond motifs is 4. The standard InChI is InChI=1S/C43H29N3O/c1-4-12-28(13-5-1)35-24-25-37-40(36-26-33-18-10-11-19-34(33)27-38(36)47-37)39(35)29-20-22-32(23-21-29)43-45-41(30-14-6-2-7-15-30)44-42(46-43)31-16-8-3-9-17-31/h1-27,43H,(H,44,45,46). The van der Waals surface area contributed by atoms with E-state index in [1.165, 1.54) is 21.9 Å². The number of nitrogens with zero attached hydrogens (tertiary/aromatic N) is 2. The van der Waals surface area contributed by atoms with E-state index in [4.69, 9.17) is 14.4 Å². The molecule has 0 fully saturated rings. The van der Waals surface area contributed by atoms with Gasteiger partial charge in [0, 0.05) is 27.5 Å². The van der Waals surface area contributed by atoms with Crippen LogP contribution in [0.3, 0.4) is 0 Å². The van der Waals surface area contributed by atoms with Gasteiger partial charge in [0.25, 0.3) is 0 Å². The molecule has 4 heteroatoms. The molecule has 0 radical (unpaired) electrons. The van der Waals surface area contributed by atoms with Crippen molar-refractivity contribution in [2.24, 2.45) is 9.98 Å². The van der Waals surface area contributed by atoms with Crippen LogP contribution in [0.15, 0.2) is 178 Å². The molecule has 0 spiro atoms. The highest BCUT2D eigenvalue weighted by molar-refractivity contribution is 6.18. The summed E-state index contributed by atoms with van der Waals surface area (Å²) in [5, 5.41) is 8.20. The highest BCUT2D eigenvalue weighted by atomic mass is 16.3. The van der Waals surface area contributed by atoms with E-state index in [0.717, 1.165) is 55.6 Å². The van der Waals surface area contributed by atoms with E-state index in [1.54, 1.807) is 0 Å². The molecule has 7 aromatic carbocycles. The van der Waals surface area contributed by atoms with Crippen LogP contribution in [-0.4, -0.2) is 11.7 Å². The lowest BCUT2D eigenvalue weighted by atomic mass is 9.90. The normalized spacial score (nSPS) is 14.6. The van der Waals surface area contributed by atoms with Crippen LogP contribution < -0.4 is 5.32 Å². The lowest BCUT2D eigenvalue weighted by molar-refractivity contribution is 0.669. The number of rotatable bonds is 5. The van der Waals surface area contributed by atoms with Crippen molar-refractivity contribution in [2.75, 3.05) is 0 Å². The average Bonchev–Trinajstić information content (AvgIpc) is 3.52. The Bertz CT molecular complexity index is 2460. The average molecular weight is 604 g/mol. The third-order valence-electron chi connectivity index (χ3n) is 8.93. The van der Waals surface area contributed by atoms with Crippen LogP contribution in [0.1, 0.15) is 22.9 Å². The molecule has 0 saturated heterocycles. The fourth-order valence-corrected chi connectivity index (χ4v) is 6.62. The van der Waals surface area contributed by atoms with Gasteiger partial charge in [-0.1, -0.05) is 146 Å². The second kappa shape index (κ2) is 11.3. The maximum atomic E-state index is 6.50. The SMILES string of the molecule is c1ccc(C2=NC(c3ccc(-c4c(-c5ccccc5)ccc5oc6cc7ccccc7cc6c45)cc3)NC(c3ccccc3)=N2)cc1. The highest BCUT2D eigenvalue weighted by Crippen LogP contribution is 2.44. The number of aliphatic imine (C=N–C) groups is 2. The van der Waals surface area contributed by atoms with Gasteiger partial charge in [-0.15, -0.1) is 0 Å². The van der Waals surface area contributed by atoms with E-state index in [-0.39, 0.29) is 6.17 Å². The van der Waals surface area contributed by atoms with E-state index in [9.17, 15) is 0 Å². The van der Waals surface area contributed by atoms with Gasteiger partial charge in [0.1, 0.15) is 23.2 Å². The summed E-state index contributed by atoms with van der Waals surface area (Å²) in [7, 11) is 0. The maximum Gasteiger partial charge on any atom is 0.159 e. The van der Waals surface area contributed by atoms with Gasteiger partial charge in [-0.25, -0.2) is 9.98 Å². The van der Waals surface area contributed by atoms with Crippen molar-refractivity contribution in [1.29, 1.82) is 0 Å². The molecule has 1 atom stereocenters. The van der Waals surface area contributed by atoms with Gasteiger partial charge < -0.3 is 9.73 Å². The van der Waals surface area contributed by atoms with Crippen LogP contribution in [0.2, 0.25) is 0 Å². The number of benzene rings is 7. The van der Waals surface area contributed by atoms with Crippen molar-refractivity contribution in [2.45, 2.75) is 6.17 Å². The summed E-state index contributed by atoms with van der Waals surface area (Å²) in [5.74, 6) is 1.52. The fourth-order valence-electron chi connectivity index (χ4n) is 6.62. The smallest absolute Gasteiger partial charge is 0.159 e. The summed E-state index contributed by atoms with van der Waals surface area (Å²) < 4.78 is 6.50.